The number of nitrogens with zero attached hydrogens (tertiary/aromatic N) is 1. The van der Waals surface area contributed by atoms with E-state index in [2.05, 4.69) is 63.6 Å². The summed E-state index contributed by atoms with van der Waals surface area (Å²) in [6, 6.07) is 0. The smallest absolute Gasteiger partial charge is 0.438 e. The Morgan fingerprint density at radius 3 is 2.06 bits per heavy atom. The van der Waals surface area contributed by atoms with Gasteiger partial charge in [-0.25, -0.2) is 0 Å². The molecule has 0 saturated heterocycles. The highest BCUT2D eigenvalue weighted by Crippen LogP contribution is 2.41. The molecule has 6 heteroatoms. The Morgan fingerprint density at radius 1 is 0.889 bits per heavy atom. The third-order valence-corrected chi connectivity index (χ3v) is 13.4. The van der Waals surface area contributed by atoms with E-state index in [1.165, 1.54) is 63.3 Å². The number of allylic oxidation sites excluding steroid dienone is 3. The van der Waals surface area contributed by atoms with Crippen molar-refractivity contribution in [2.45, 2.75) is 149 Å². The predicted molar refractivity (Wildman–Crippen MR) is 160 cm³/mol. The van der Waals surface area contributed by atoms with Crippen molar-refractivity contribution in [1.82, 2.24) is 4.48 Å². The highest BCUT2D eigenvalue weighted by atomic mass is 28.3. The van der Waals surface area contributed by atoms with Crippen LogP contribution in [0.4, 0.5) is 0 Å². The van der Waals surface area contributed by atoms with Gasteiger partial charge in [-0.3, -0.25) is 4.79 Å². The molecule has 0 amide bonds. The van der Waals surface area contributed by atoms with Crippen LogP contribution in [-0.4, -0.2) is 38.9 Å². The molecule has 0 aromatic carbocycles. The molecule has 0 radical (unpaired) electrons. The fourth-order valence-corrected chi connectivity index (χ4v) is 6.71. The molecule has 36 heavy (non-hydrogen) atoms. The second-order valence-corrected chi connectivity index (χ2v) is 17.2. The third kappa shape index (κ3) is 12.5. The topological polar surface area (TPSA) is 38.8 Å². The quantitative estimate of drug-likeness (QED) is 0.0913. The van der Waals surface area contributed by atoms with E-state index in [0.29, 0.717) is 13.0 Å². The summed E-state index contributed by atoms with van der Waals surface area (Å²) in [5.41, 5.74) is 1.39. The van der Waals surface area contributed by atoms with Crippen molar-refractivity contribution in [3.63, 3.8) is 0 Å². The van der Waals surface area contributed by atoms with Gasteiger partial charge >= 0.3 is 13.0 Å². The van der Waals surface area contributed by atoms with Gasteiger partial charge in [0.2, 0.25) is 0 Å². The first-order valence-electron chi connectivity index (χ1n) is 15.1. The molecule has 0 atom stereocenters. The van der Waals surface area contributed by atoms with Gasteiger partial charge in [-0.05, 0) is 49.0 Å². The molecule has 1 aliphatic heterocycles. The van der Waals surface area contributed by atoms with E-state index in [1.54, 1.807) is 0 Å². The van der Waals surface area contributed by atoms with Gasteiger partial charge in [0, 0.05) is 13.0 Å². The highest BCUT2D eigenvalue weighted by Gasteiger charge is 2.46. The lowest BCUT2D eigenvalue weighted by molar-refractivity contribution is -0.143. The number of rotatable bonds is 20. The maximum absolute atomic E-state index is 11.6. The molecule has 0 aromatic heterocycles. The molecule has 0 bridgehead atoms. The van der Waals surface area contributed by atoms with Gasteiger partial charge < -0.3 is 13.9 Å². The summed E-state index contributed by atoms with van der Waals surface area (Å²) in [4.78, 5) is 11.6. The van der Waals surface area contributed by atoms with Crippen LogP contribution in [0.2, 0.25) is 18.1 Å². The highest BCUT2D eigenvalue weighted by molar-refractivity contribution is 6.86. The summed E-state index contributed by atoms with van der Waals surface area (Å²) in [7, 11) is -1.71. The summed E-state index contributed by atoms with van der Waals surface area (Å²) in [6.07, 6.45) is 24.8. The number of carbonyl (C=O) groups is 1. The van der Waals surface area contributed by atoms with Crippen molar-refractivity contribution >= 4 is 21.3 Å². The molecule has 4 nitrogen and oxygen atoms in total. The van der Waals surface area contributed by atoms with Gasteiger partial charge in [0.15, 0.2) is 0 Å². The summed E-state index contributed by atoms with van der Waals surface area (Å²) in [5, 5.41) is 0.248. The summed E-state index contributed by atoms with van der Waals surface area (Å²) >= 11 is 0. The Bertz CT molecular complexity index is 657. The van der Waals surface area contributed by atoms with Crippen LogP contribution >= 0.6 is 0 Å². The molecule has 208 valence electrons. The number of esters is 1. The Kier molecular flexibility index (Phi) is 16.8. The number of hydrogen-bond acceptors (Lipinski definition) is 4. The minimum absolute atomic E-state index is 0.0551. The zero-order valence-electron chi connectivity index (χ0n) is 25.0. The molecule has 0 fully saturated rings. The first-order chi connectivity index (χ1) is 17.1. The molecule has 1 aliphatic rings. The lowest BCUT2D eigenvalue weighted by Crippen LogP contribution is -2.60. The fraction of sp³-hybridized carbons (Fsp3) is 0.833. The van der Waals surface area contributed by atoms with Crippen molar-refractivity contribution in [2.75, 3.05) is 13.2 Å². The van der Waals surface area contributed by atoms with Crippen molar-refractivity contribution in [3.8, 4) is 0 Å². The summed E-state index contributed by atoms with van der Waals surface area (Å²) in [5.74, 6) is -0.0703. The minimum atomic E-state index is -1.77. The molecule has 0 aliphatic carbocycles. The second kappa shape index (κ2) is 18.3. The molecule has 0 saturated carbocycles. The number of carbonyl (C=O) groups excluding carboxylic acids is 1. The Hall–Kier alpha value is -1.01. The monoisotopic (exact) mass is 519 g/mol. The van der Waals surface area contributed by atoms with Gasteiger partial charge in [-0.1, -0.05) is 117 Å². The van der Waals surface area contributed by atoms with E-state index < -0.39 is 8.24 Å². The minimum Gasteiger partial charge on any atom is -0.466 e. The van der Waals surface area contributed by atoms with Crippen molar-refractivity contribution in [3.05, 3.63) is 23.8 Å². The summed E-state index contributed by atoms with van der Waals surface area (Å²) < 4.78 is 14.3. The molecule has 1 heterocycles. The van der Waals surface area contributed by atoms with Crippen molar-refractivity contribution < 1.29 is 14.2 Å². The SMILES string of the molecule is CCCCCCCCCCCCOB1C(CCCCCC(=O)OCC)=CC=CN1[Si](C)(C)C(C)(C)C. The zero-order chi connectivity index (χ0) is 26.9. The van der Waals surface area contributed by atoms with Crippen LogP contribution in [0.3, 0.4) is 0 Å². The number of hydrogen-bond donors (Lipinski definition) is 0. The zero-order valence-corrected chi connectivity index (χ0v) is 26.0. The lowest BCUT2D eigenvalue weighted by Gasteiger charge is -2.49. The number of ether oxygens (including phenoxy) is 1. The van der Waals surface area contributed by atoms with Gasteiger partial charge in [0.1, 0.15) is 8.24 Å². The van der Waals surface area contributed by atoms with E-state index in [4.69, 9.17) is 9.39 Å². The van der Waals surface area contributed by atoms with Crippen molar-refractivity contribution in [1.29, 1.82) is 0 Å². The molecule has 1 rings (SSSR count). The first-order valence-corrected chi connectivity index (χ1v) is 18.0. The molecular weight excluding hydrogens is 461 g/mol. The van der Waals surface area contributed by atoms with Crippen LogP contribution in [0.1, 0.15) is 131 Å². The molecular formula is C30H58BNO3Si. The van der Waals surface area contributed by atoms with E-state index >= 15 is 0 Å². The maximum atomic E-state index is 11.6. The van der Waals surface area contributed by atoms with Gasteiger partial charge in [0.05, 0.1) is 6.61 Å². The van der Waals surface area contributed by atoms with Crippen LogP contribution in [-0.2, 0) is 14.2 Å². The maximum Gasteiger partial charge on any atom is 0.438 e. The Morgan fingerprint density at radius 2 is 1.47 bits per heavy atom. The molecule has 0 spiro atoms. The molecule has 0 N–H and O–H groups in total. The average molecular weight is 520 g/mol. The predicted octanol–water partition coefficient (Wildman–Crippen LogP) is 9.23. The van der Waals surface area contributed by atoms with Crippen LogP contribution in [0.25, 0.3) is 0 Å². The van der Waals surface area contributed by atoms with Crippen LogP contribution in [0.15, 0.2) is 23.8 Å². The van der Waals surface area contributed by atoms with Gasteiger partial charge in [0.25, 0.3) is 0 Å². The Labute approximate surface area is 225 Å². The van der Waals surface area contributed by atoms with Gasteiger partial charge in [-0.15, -0.1) is 0 Å². The van der Waals surface area contributed by atoms with Crippen LogP contribution in [0.5, 0.6) is 0 Å². The fourth-order valence-electron chi connectivity index (χ4n) is 4.65. The van der Waals surface area contributed by atoms with Crippen LogP contribution < -0.4 is 0 Å². The number of unbranched alkanes of at least 4 members (excludes halogenated alkanes) is 11. The molecule has 0 unspecified atom stereocenters. The van der Waals surface area contributed by atoms with E-state index in [0.717, 1.165) is 38.7 Å². The van der Waals surface area contributed by atoms with Crippen molar-refractivity contribution in [2.24, 2.45) is 0 Å². The lowest BCUT2D eigenvalue weighted by atomic mass is 9.68. The van der Waals surface area contributed by atoms with Crippen LogP contribution in [0, 0.1) is 0 Å². The Balaban J connectivity index is 2.54. The average Bonchev–Trinajstić information content (AvgIpc) is 2.82. The van der Waals surface area contributed by atoms with E-state index in [1.807, 2.05) is 6.92 Å². The van der Waals surface area contributed by atoms with E-state index in [-0.39, 0.29) is 18.1 Å². The summed E-state index contributed by atoms with van der Waals surface area (Å²) in [6.45, 7) is 17.5. The third-order valence-electron chi connectivity index (χ3n) is 8.03. The normalized spacial score (nSPS) is 14.4. The largest absolute Gasteiger partial charge is 0.466 e. The molecule has 0 aromatic rings. The van der Waals surface area contributed by atoms with Gasteiger partial charge in [-0.2, -0.15) is 0 Å². The van der Waals surface area contributed by atoms with E-state index in [9.17, 15) is 4.79 Å². The second-order valence-electron chi connectivity index (χ2n) is 12.1. The first kappa shape index (κ1) is 33.0. The standard InChI is InChI=1S/C30H58BNO3Si/c1-8-10-11-12-13-14-15-16-17-21-27-35-31-28(23-19-18-20-25-29(33)34-9-2)24-22-26-32(31)36(6,7)30(3,4)5/h22,24,26H,8-21,23,25,27H2,1-7H3.